The first kappa shape index (κ1) is 32.3. The van der Waals surface area contributed by atoms with Gasteiger partial charge in [0.1, 0.15) is 17.2 Å². The molecule has 6 rings (SSSR count). The summed E-state index contributed by atoms with van der Waals surface area (Å²) in [5, 5.41) is 0. The zero-order valence-corrected chi connectivity index (χ0v) is 25.5. The van der Waals surface area contributed by atoms with E-state index in [9.17, 15) is 13.2 Å². The van der Waals surface area contributed by atoms with Gasteiger partial charge in [-0.25, -0.2) is 13.2 Å². The molecule has 0 aliphatic carbocycles. The van der Waals surface area contributed by atoms with Crippen molar-refractivity contribution < 1.29 is 41.3 Å². The lowest BCUT2D eigenvalue weighted by Crippen LogP contribution is -2.37. The first-order chi connectivity index (χ1) is 23.7. The summed E-state index contributed by atoms with van der Waals surface area (Å²) in [6.45, 7) is 0. The maximum Gasteiger partial charge on any atom is 0.864 e. The molecule has 0 unspecified atom stereocenters. The molecule has 9 nitrogen and oxygen atoms in total. The minimum absolute atomic E-state index is 0.0647. The number of benzene rings is 6. The molecule has 0 aliphatic heterocycles. The van der Waals surface area contributed by atoms with Gasteiger partial charge in [0.25, 0.3) is 0 Å². The Kier molecular flexibility index (Phi) is 9.52. The number of nitrogen functional groups attached to an aromatic ring is 3. The van der Waals surface area contributed by atoms with Crippen molar-refractivity contribution in [2.75, 3.05) is 17.2 Å². The molecule has 0 saturated heterocycles. The predicted molar refractivity (Wildman–Crippen MR) is 180 cm³/mol. The van der Waals surface area contributed by atoms with Crippen molar-refractivity contribution in [1.82, 2.24) is 0 Å². The average Bonchev–Trinajstić information content (AvgIpc) is 3.08. The van der Waals surface area contributed by atoms with Crippen LogP contribution in [-0.4, -0.2) is 7.32 Å². The van der Waals surface area contributed by atoms with E-state index < -0.39 is 24.8 Å². The van der Waals surface area contributed by atoms with Crippen LogP contribution in [0.4, 0.5) is 30.2 Å². The maximum atomic E-state index is 14.6. The van der Waals surface area contributed by atoms with Gasteiger partial charge in [-0.1, -0.05) is 36.4 Å². The van der Waals surface area contributed by atoms with Gasteiger partial charge in [0, 0.05) is 35.3 Å². The highest BCUT2D eigenvalue weighted by molar-refractivity contribution is 6.39. The van der Waals surface area contributed by atoms with Crippen molar-refractivity contribution in [2.24, 2.45) is 0 Å². The number of anilines is 3. The van der Waals surface area contributed by atoms with Crippen LogP contribution in [0.15, 0.2) is 127 Å². The Hall–Kier alpha value is -6.63. The molecule has 0 atom stereocenters. The largest absolute Gasteiger partial charge is 0.864 e. The molecule has 0 bridgehead atoms. The summed E-state index contributed by atoms with van der Waals surface area (Å²) in [7, 11) is -1.64. The molecule has 0 amide bonds. The number of nitrogens with two attached hydrogens (primary N) is 3. The van der Waals surface area contributed by atoms with Crippen molar-refractivity contribution in [3.63, 3.8) is 0 Å². The monoisotopic (exact) mass is 665 g/mol. The lowest BCUT2D eigenvalue weighted by molar-refractivity contribution is 0.288. The fourth-order valence-electron chi connectivity index (χ4n) is 4.43. The van der Waals surface area contributed by atoms with Crippen LogP contribution in [0.25, 0.3) is 0 Å². The zero-order valence-electron chi connectivity index (χ0n) is 25.5. The van der Waals surface area contributed by atoms with E-state index in [1.54, 1.807) is 36.4 Å². The second-order valence-corrected chi connectivity index (χ2v) is 10.4. The predicted octanol–water partition coefficient (Wildman–Crippen LogP) is 8.75. The van der Waals surface area contributed by atoms with E-state index in [2.05, 4.69) is 0 Å². The van der Waals surface area contributed by atoms with E-state index in [-0.39, 0.29) is 68.8 Å². The van der Waals surface area contributed by atoms with Gasteiger partial charge in [0.05, 0.1) is 0 Å². The fourth-order valence-corrected chi connectivity index (χ4v) is 4.43. The van der Waals surface area contributed by atoms with Gasteiger partial charge in [-0.05, 0) is 72.8 Å². The first-order valence-corrected chi connectivity index (χ1v) is 14.7. The minimum Gasteiger partial charge on any atom is -0.486 e. The van der Waals surface area contributed by atoms with Crippen molar-refractivity contribution in [3.05, 3.63) is 145 Å². The number of para-hydroxylation sites is 6. The second kappa shape index (κ2) is 14.4. The Morgan fingerprint density at radius 2 is 0.612 bits per heavy atom. The van der Waals surface area contributed by atoms with E-state index in [1.165, 1.54) is 91.0 Å². The van der Waals surface area contributed by atoms with Gasteiger partial charge >= 0.3 is 7.32 Å². The first-order valence-electron chi connectivity index (χ1n) is 14.7. The van der Waals surface area contributed by atoms with Gasteiger partial charge in [-0.15, -0.1) is 0 Å². The van der Waals surface area contributed by atoms with E-state index in [0.717, 1.165) is 0 Å². The van der Waals surface area contributed by atoms with Gasteiger partial charge in [0.15, 0.2) is 51.9 Å². The molecule has 246 valence electrons. The normalized spacial score (nSPS) is 10.6. The molecule has 0 fully saturated rings. The van der Waals surface area contributed by atoms with Crippen molar-refractivity contribution in [3.8, 4) is 51.7 Å². The number of ether oxygens (including phenoxy) is 3. The summed E-state index contributed by atoms with van der Waals surface area (Å²) in [4.78, 5) is 0. The lowest BCUT2D eigenvalue weighted by atomic mass is 10.1. The molecule has 0 aliphatic rings. The van der Waals surface area contributed by atoms with E-state index in [4.69, 9.17) is 45.4 Å². The van der Waals surface area contributed by atoms with Crippen molar-refractivity contribution in [2.45, 2.75) is 0 Å². The van der Waals surface area contributed by atoms with Crippen LogP contribution in [0, 0.1) is 17.5 Å². The van der Waals surface area contributed by atoms with Crippen LogP contribution in [0.3, 0.4) is 0 Å². The Bertz CT molecular complexity index is 1870. The molecule has 0 heterocycles. The Morgan fingerprint density at radius 3 is 0.898 bits per heavy atom. The summed E-state index contributed by atoms with van der Waals surface area (Å²) in [5.41, 5.74) is 18.4. The second-order valence-electron chi connectivity index (χ2n) is 10.4. The van der Waals surface area contributed by atoms with Crippen LogP contribution in [-0.2, 0) is 0 Å². The summed E-state index contributed by atoms with van der Waals surface area (Å²) < 4.78 is 79.8. The highest BCUT2D eigenvalue weighted by Gasteiger charge is 2.34. The summed E-state index contributed by atoms with van der Waals surface area (Å²) >= 11 is 0. The molecule has 6 N–H and O–H groups in total. The SMILES string of the molecule is Nc1ccc(F)c(Oc2ccccc2OB(Oc2ccccc2Oc2cc(N)ccc2F)Oc2ccccc2Oc2cc(N)ccc2F)c1. The number of rotatable bonds is 12. The third-order valence-corrected chi connectivity index (χ3v) is 6.74. The number of hydrogen-bond donors (Lipinski definition) is 3. The molecule has 13 heteroatoms. The lowest BCUT2D eigenvalue weighted by Gasteiger charge is -2.21. The highest BCUT2D eigenvalue weighted by Crippen LogP contribution is 2.38. The third-order valence-electron chi connectivity index (χ3n) is 6.74. The fraction of sp³-hybridized carbons (Fsp3) is 0. The maximum absolute atomic E-state index is 14.6. The standard InChI is InChI=1S/C36H27BF3N3O6/c38-25-16-13-22(41)19-34(25)44-28-7-1-4-10-31(28)47-37(48-32-11-5-2-8-29(32)45-35-20-23(42)14-17-26(35)39)49-33-12-6-3-9-30(33)46-36-21-24(43)15-18-27(36)40/h1-21H,41-43H2. The minimum atomic E-state index is -1.64. The molecular weight excluding hydrogens is 638 g/mol. The molecule has 6 aromatic carbocycles. The van der Waals surface area contributed by atoms with Gasteiger partial charge in [0.2, 0.25) is 0 Å². The number of halogens is 3. The summed E-state index contributed by atoms with van der Waals surface area (Å²) in [5.74, 6) is -1.99. The van der Waals surface area contributed by atoms with Crippen LogP contribution in [0.2, 0.25) is 0 Å². The molecule has 0 aromatic heterocycles. The molecule has 0 radical (unpaired) electrons. The molecule has 0 saturated carbocycles. The van der Waals surface area contributed by atoms with Gasteiger partial charge < -0.3 is 45.4 Å². The molecule has 6 aromatic rings. The molecule has 49 heavy (non-hydrogen) atoms. The number of hydrogen-bond acceptors (Lipinski definition) is 9. The summed E-state index contributed by atoms with van der Waals surface area (Å²) in [6, 6.07) is 30.8. The van der Waals surface area contributed by atoms with E-state index in [0.29, 0.717) is 0 Å². The third kappa shape index (κ3) is 8.03. The zero-order chi connectivity index (χ0) is 34.3. The Labute approximate surface area is 279 Å². The summed E-state index contributed by atoms with van der Waals surface area (Å²) in [6.07, 6.45) is 0. The van der Waals surface area contributed by atoms with E-state index in [1.807, 2.05) is 0 Å². The van der Waals surface area contributed by atoms with Crippen LogP contribution in [0.5, 0.6) is 51.7 Å². The Balaban J connectivity index is 1.35. The van der Waals surface area contributed by atoms with Gasteiger partial charge in [-0.3, -0.25) is 0 Å². The Morgan fingerprint density at radius 1 is 0.347 bits per heavy atom. The van der Waals surface area contributed by atoms with Crippen LogP contribution >= 0.6 is 0 Å². The van der Waals surface area contributed by atoms with Crippen LogP contribution in [0.1, 0.15) is 0 Å². The quantitative estimate of drug-likeness (QED) is 0.0867. The topological polar surface area (TPSA) is 133 Å². The van der Waals surface area contributed by atoms with Gasteiger partial charge in [-0.2, -0.15) is 0 Å². The average molecular weight is 665 g/mol. The molecular formula is C36H27BF3N3O6. The van der Waals surface area contributed by atoms with Crippen LogP contribution < -0.4 is 45.4 Å². The molecule has 0 spiro atoms. The van der Waals surface area contributed by atoms with Crippen molar-refractivity contribution in [1.29, 1.82) is 0 Å². The smallest absolute Gasteiger partial charge is 0.486 e. The van der Waals surface area contributed by atoms with Crippen molar-refractivity contribution >= 4 is 24.4 Å². The highest BCUT2D eigenvalue weighted by atomic mass is 19.1. The van der Waals surface area contributed by atoms with E-state index >= 15 is 0 Å².